The predicted octanol–water partition coefficient (Wildman–Crippen LogP) is 2.75. The van der Waals surface area contributed by atoms with Crippen LogP contribution in [0.1, 0.15) is 13.3 Å². The zero-order chi connectivity index (χ0) is 13.7. The van der Waals surface area contributed by atoms with Gasteiger partial charge in [-0.15, -0.1) is 11.8 Å². The Kier molecular flexibility index (Phi) is 5.73. The largest absolute Gasteiger partial charge is 0.337 e. The Balaban J connectivity index is 1.75. The van der Waals surface area contributed by atoms with Crippen LogP contribution in [0, 0.1) is 0 Å². The number of piperazine rings is 1. The van der Waals surface area contributed by atoms with E-state index in [0.717, 1.165) is 29.9 Å². The number of amides is 1. The molecule has 1 saturated heterocycles. The van der Waals surface area contributed by atoms with Gasteiger partial charge >= 0.3 is 0 Å². The van der Waals surface area contributed by atoms with E-state index >= 15 is 0 Å². The van der Waals surface area contributed by atoms with Gasteiger partial charge < -0.3 is 10.2 Å². The van der Waals surface area contributed by atoms with Crippen LogP contribution < -0.4 is 5.32 Å². The molecule has 3 nitrogen and oxygen atoms in total. The molecule has 1 heterocycles. The molecule has 0 radical (unpaired) electrons. The summed E-state index contributed by atoms with van der Waals surface area (Å²) in [5, 5.41) is 3.30. The Hall–Kier alpha value is -0.520. The minimum absolute atomic E-state index is 0.276. The second kappa shape index (κ2) is 7.31. The number of carbonyl (C=O) groups excluding carboxylic acids is 1. The third-order valence-electron chi connectivity index (χ3n) is 3.22. The normalized spacial score (nSPS) is 19.5. The molecule has 1 atom stereocenters. The van der Waals surface area contributed by atoms with Gasteiger partial charge in [0.15, 0.2) is 0 Å². The molecule has 104 valence electrons. The molecule has 1 aliphatic heterocycles. The first-order chi connectivity index (χ1) is 9.16. The molecule has 0 saturated carbocycles. The first-order valence-corrected chi connectivity index (χ1v) is 8.33. The number of nitrogens with one attached hydrogen (secondary N) is 1. The van der Waals surface area contributed by atoms with E-state index in [9.17, 15) is 4.79 Å². The third kappa shape index (κ3) is 4.51. The van der Waals surface area contributed by atoms with Crippen LogP contribution in [-0.2, 0) is 4.79 Å². The molecule has 0 spiro atoms. The number of thioether (sulfide) groups is 1. The van der Waals surface area contributed by atoms with Crippen molar-refractivity contribution in [2.45, 2.75) is 24.3 Å². The van der Waals surface area contributed by atoms with Crippen LogP contribution in [0.25, 0.3) is 0 Å². The van der Waals surface area contributed by atoms with Crippen LogP contribution in [-0.4, -0.2) is 42.2 Å². The Morgan fingerprint density at radius 1 is 1.47 bits per heavy atom. The topological polar surface area (TPSA) is 32.3 Å². The number of rotatable bonds is 4. The highest BCUT2D eigenvalue weighted by Gasteiger charge is 2.22. The number of carbonyl (C=O) groups is 1. The van der Waals surface area contributed by atoms with E-state index < -0.39 is 0 Å². The van der Waals surface area contributed by atoms with Gasteiger partial charge in [-0.1, -0.05) is 15.9 Å². The highest BCUT2D eigenvalue weighted by molar-refractivity contribution is 9.10. The van der Waals surface area contributed by atoms with Crippen LogP contribution in [0.3, 0.4) is 0 Å². The van der Waals surface area contributed by atoms with Crippen LogP contribution in [0.5, 0.6) is 0 Å². The maximum Gasteiger partial charge on any atom is 0.223 e. The summed E-state index contributed by atoms with van der Waals surface area (Å²) in [4.78, 5) is 15.3. The quantitative estimate of drug-likeness (QED) is 0.854. The smallest absolute Gasteiger partial charge is 0.223 e. The van der Waals surface area contributed by atoms with Gasteiger partial charge in [0, 0.05) is 47.2 Å². The summed E-state index contributed by atoms with van der Waals surface area (Å²) in [6, 6.07) is 8.53. The average molecular weight is 343 g/mol. The first-order valence-electron chi connectivity index (χ1n) is 6.55. The number of hydrogen-bond donors (Lipinski definition) is 1. The van der Waals surface area contributed by atoms with Crippen LogP contribution in [0.4, 0.5) is 0 Å². The van der Waals surface area contributed by atoms with Gasteiger partial charge in [0.1, 0.15) is 0 Å². The lowest BCUT2D eigenvalue weighted by Gasteiger charge is -2.34. The van der Waals surface area contributed by atoms with Crippen molar-refractivity contribution < 1.29 is 4.79 Å². The molecule has 19 heavy (non-hydrogen) atoms. The zero-order valence-electron chi connectivity index (χ0n) is 11.1. The number of halogens is 1. The summed E-state index contributed by atoms with van der Waals surface area (Å²) in [5.41, 5.74) is 0. The molecular formula is C14H19BrN2OS. The minimum Gasteiger partial charge on any atom is -0.337 e. The number of benzene rings is 1. The van der Waals surface area contributed by atoms with Gasteiger partial charge in [0.05, 0.1) is 0 Å². The van der Waals surface area contributed by atoms with E-state index in [2.05, 4.69) is 40.3 Å². The van der Waals surface area contributed by atoms with Crippen molar-refractivity contribution in [3.63, 3.8) is 0 Å². The fourth-order valence-electron chi connectivity index (χ4n) is 2.14. The highest BCUT2D eigenvalue weighted by atomic mass is 79.9. The molecule has 1 aromatic carbocycles. The van der Waals surface area contributed by atoms with Crippen molar-refractivity contribution in [2.24, 2.45) is 0 Å². The van der Waals surface area contributed by atoms with E-state index in [1.165, 1.54) is 4.90 Å². The number of nitrogens with zero attached hydrogens (tertiary/aromatic N) is 1. The van der Waals surface area contributed by atoms with Crippen molar-refractivity contribution in [1.29, 1.82) is 0 Å². The zero-order valence-corrected chi connectivity index (χ0v) is 13.5. The summed E-state index contributed by atoms with van der Waals surface area (Å²) in [6.07, 6.45) is 0.616. The lowest BCUT2D eigenvalue weighted by molar-refractivity contribution is -0.133. The van der Waals surface area contributed by atoms with Crippen LogP contribution in [0.15, 0.2) is 33.6 Å². The molecule has 1 N–H and O–H groups in total. The molecule has 0 bridgehead atoms. The second-order valence-electron chi connectivity index (χ2n) is 4.69. The van der Waals surface area contributed by atoms with Crippen molar-refractivity contribution >= 4 is 33.6 Å². The summed E-state index contributed by atoms with van der Waals surface area (Å²) in [7, 11) is 0. The van der Waals surface area contributed by atoms with Gasteiger partial charge in [-0.05, 0) is 31.2 Å². The maximum atomic E-state index is 12.1. The fourth-order valence-corrected chi connectivity index (χ4v) is 3.25. The van der Waals surface area contributed by atoms with Crippen molar-refractivity contribution in [3.8, 4) is 0 Å². The van der Waals surface area contributed by atoms with Gasteiger partial charge in [0.2, 0.25) is 5.91 Å². The molecule has 1 aliphatic rings. The summed E-state index contributed by atoms with van der Waals surface area (Å²) in [6.45, 7) is 4.76. The molecule has 2 rings (SSSR count). The van der Waals surface area contributed by atoms with E-state index in [0.29, 0.717) is 12.5 Å². The van der Waals surface area contributed by atoms with Crippen molar-refractivity contribution in [2.75, 3.05) is 25.4 Å². The average Bonchev–Trinajstić information content (AvgIpc) is 2.41. The van der Waals surface area contributed by atoms with E-state index in [1.807, 2.05) is 17.0 Å². The van der Waals surface area contributed by atoms with Gasteiger partial charge in [-0.2, -0.15) is 0 Å². The van der Waals surface area contributed by atoms with Gasteiger partial charge in [-0.3, -0.25) is 4.79 Å². The first kappa shape index (κ1) is 14.9. The third-order valence-corrected chi connectivity index (χ3v) is 4.76. The van der Waals surface area contributed by atoms with E-state index in [1.54, 1.807) is 11.8 Å². The summed E-state index contributed by atoms with van der Waals surface area (Å²) < 4.78 is 1.09. The molecule has 0 aromatic heterocycles. The Labute approximate surface area is 127 Å². The monoisotopic (exact) mass is 342 g/mol. The van der Waals surface area contributed by atoms with Crippen molar-refractivity contribution in [3.05, 3.63) is 28.7 Å². The molecule has 1 fully saturated rings. The van der Waals surface area contributed by atoms with Crippen LogP contribution in [0.2, 0.25) is 0 Å². The van der Waals surface area contributed by atoms with E-state index in [4.69, 9.17) is 0 Å². The minimum atomic E-state index is 0.276. The lowest BCUT2D eigenvalue weighted by Crippen LogP contribution is -2.52. The fraction of sp³-hybridized carbons (Fsp3) is 0.500. The summed E-state index contributed by atoms with van der Waals surface area (Å²) in [5.74, 6) is 1.12. The van der Waals surface area contributed by atoms with Crippen molar-refractivity contribution in [1.82, 2.24) is 10.2 Å². The number of hydrogen-bond acceptors (Lipinski definition) is 3. The van der Waals surface area contributed by atoms with Gasteiger partial charge in [0.25, 0.3) is 0 Å². The molecular weight excluding hydrogens is 324 g/mol. The molecule has 1 aromatic rings. The molecule has 0 unspecified atom stereocenters. The Morgan fingerprint density at radius 3 is 2.89 bits per heavy atom. The molecule has 5 heteroatoms. The maximum absolute atomic E-state index is 12.1. The Bertz CT molecular complexity index is 424. The SMILES string of the molecule is C[C@H]1CNCCN1C(=O)CCSc1ccc(Br)cc1. The lowest BCUT2D eigenvalue weighted by atomic mass is 10.2. The van der Waals surface area contributed by atoms with E-state index in [-0.39, 0.29) is 5.91 Å². The summed E-state index contributed by atoms with van der Waals surface area (Å²) >= 11 is 5.16. The van der Waals surface area contributed by atoms with Gasteiger partial charge in [-0.25, -0.2) is 0 Å². The highest BCUT2D eigenvalue weighted by Crippen LogP contribution is 2.21. The molecule has 0 aliphatic carbocycles. The molecule has 1 amide bonds. The second-order valence-corrected chi connectivity index (χ2v) is 6.78. The van der Waals surface area contributed by atoms with Crippen LogP contribution >= 0.6 is 27.7 Å². The standard InChI is InChI=1S/C14H19BrN2OS/c1-11-10-16-7-8-17(11)14(18)6-9-19-13-4-2-12(15)3-5-13/h2-5,11,16H,6-10H2,1H3/t11-/m0/s1. The Morgan fingerprint density at radius 2 is 2.21 bits per heavy atom. The predicted molar refractivity (Wildman–Crippen MR) is 83.5 cm³/mol.